The van der Waals surface area contributed by atoms with Crippen molar-refractivity contribution in [2.75, 3.05) is 7.05 Å². The number of allylic oxidation sites excluding steroid dienone is 2. The number of hydroxylamine groups is 2. The molecule has 0 heterocycles. The second-order valence-electron chi connectivity index (χ2n) is 16.6. The van der Waals surface area contributed by atoms with Gasteiger partial charge in [-0.25, -0.2) is 18.2 Å². The lowest BCUT2D eigenvalue weighted by Crippen LogP contribution is -2.68. The van der Waals surface area contributed by atoms with Crippen LogP contribution in [0, 0.1) is 50.2 Å². The zero-order chi connectivity index (χ0) is 32.4. The van der Waals surface area contributed by atoms with E-state index in [1.54, 1.807) is 0 Å². The molecule has 43 heavy (non-hydrogen) atoms. The van der Waals surface area contributed by atoms with Crippen molar-refractivity contribution in [3.8, 4) is 0 Å². The summed E-state index contributed by atoms with van der Waals surface area (Å²) in [4.78, 5) is 27.6. The molecular formula is C32H49F3N2O5S. The van der Waals surface area contributed by atoms with Gasteiger partial charge in [-0.3, -0.25) is 14.8 Å². The molecule has 0 aromatic rings. The molecule has 4 saturated carbocycles. The zero-order valence-electron chi connectivity index (χ0n) is 26.8. The molecule has 0 aromatic carbocycles. The predicted molar refractivity (Wildman–Crippen MR) is 156 cm³/mol. The first-order valence-corrected chi connectivity index (χ1v) is 17.2. The first-order chi connectivity index (χ1) is 19.4. The van der Waals surface area contributed by atoms with Gasteiger partial charge in [0.2, 0.25) is 0 Å². The van der Waals surface area contributed by atoms with E-state index in [1.165, 1.54) is 7.05 Å². The molecule has 7 nitrogen and oxygen atoms in total. The Kier molecular flexibility index (Phi) is 7.30. The summed E-state index contributed by atoms with van der Waals surface area (Å²) in [6.45, 7) is 14.5. The fourth-order valence-electron chi connectivity index (χ4n) is 11.2. The van der Waals surface area contributed by atoms with E-state index in [0.29, 0.717) is 37.2 Å². The molecule has 0 aliphatic heterocycles. The first kappa shape index (κ1) is 32.9. The lowest BCUT2D eigenvalue weighted by atomic mass is 9.33. The van der Waals surface area contributed by atoms with E-state index in [9.17, 15) is 36.4 Å². The second kappa shape index (κ2) is 9.53. The highest BCUT2D eigenvalue weighted by molar-refractivity contribution is 7.90. The number of alkyl halides is 3. The summed E-state index contributed by atoms with van der Waals surface area (Å²) in [5, 5.41) is 10.7. The Morgan fingerprint density at radius 1 is 0.977 bits per heavy atom. The maximum atomic E-state index is 14.5. The number of halogens is 3. The Morgan fingerprint density at radius 3 is 2.16 bits per heavy atom. The number of carbonyl (C=O) groups is 2. The van der Waals surface area contributed by atoms with Crippen LogP contribution in [0.4, 0.5) is 13.2 Å². The van der Waals surface area contributed by atoms with Gasteiger partial charge in [0.15, 0.2) is 5.78 Å². The second-order valence-corrected chi connectivity index (χ2v) is 18.3. The van der Waals surface area contributed by atoms with Gasteiger partial charge in [0, 0.05) is 24.4 Å². The molecule has 2 N–H and O–H groups in total. The standard InChI is InChI=1S/C32H49F3N2O5S/c1-26(2)22-9-12-31(7)24(29(22,5)11-10-23(26)36-43(41,42)32(33,34)35)21(38)17-19-20-18-28(4,25(39)37(8)40)14-13-27(20,3)15-16-30(19,31)6/h17,20,22-24,36,40H,9-16,18H2,1-8H3/t20?,22?,23-,24?,27-,28+,29+,30-,31-/m1/s1. The summed E-state index contributed by atoms with van der Waals surface area (Å²) in [5.74, 6) is -0.738. The van der Waals surface area contributed by atoms with Crippen molar-refractivity contribution >= 4 is 21.7 Å². The lowest BCUT2D eigenvalue weighted by Gasteiger charge is -2.70. The molecule has 5 aliphatic carbocycles. The first-order valence-electron chi connectivity index (χ1n) is 15.7. The van der Waals surface area contributed by atoms with Crippen LogP contribution in [0.3, 0.4) is 0 Å². The number of nitrogens with zero attached hydrogens (tertiary/aromatic N) is 1. The minimum atomic E-state index is -5.51. The van der Waals surface area contributed by atoms with Crippen molar-refractivity contribution in [2.45, 2.75) is 118 Å². The topological polar surface area (TPSA) is 104 Å². The number of fused-ring (bicyclic) bond motifs is 7. The Balaban J connectivity index is 1.53. The van der Waals surface area contributed by atoms with Crippen LogP contribution in [0.25, 0.3) is 0 Å². The molecular weight excluding hydrogens is 581 g/mol. The highest BCUT2D eigenvalue weighted by atomic mass is 32.2. The van der Waals surface area contributed by atoms with Gasteiger partial charge >= 0.3 is 15.5 Å². The monoisotopic (exact) mass is 630 g/mol. The third kappa shape index (κ3) is 4.43. The van der Waals surface area contributed by atoms with Crippen LogP contribution in [-0.4, -0.2) is 49.0 Å². The van der Waals surface area contributed by atoms with Gasteiger partial charge in [-0.15, -0.1) is 0 Å². The van der Waals surface area contributed by atoms with Crippen LogP contribution in [0.2, 0.25) is 0 Å². The molecule has 0 saturated heterocycles. The van der Waals surface area contributed by atoms with Crippen molar-refractivity contribution in [1.29, 1.82) is 0 Å². The van der Waals surface area contributed by atoms with Gasteiger partial charge in [-0.2, -0.15) is 13.2 Å². The van der Waals surface area contributed by atoms with Gasteiger partial charge in [0.25, 0.3) is 5.91 Å². The van der Waals surface area contributed by atoms with Crippen LogP contribution in [-0.2, 0) is 19.6 Å². The lowest BCUT2D eigenvalue weighted by molar-refractivity contribution is -0.190. The molecule has 4 fully saturated rings. The molecule has 5 aliphatic rings. The SMILES string of the molecule is CN(O)C(=O)[C@@]1(C)CC[C@]2(C)CC[C@]3(C)C(=CC(=O)C4[C@@]5(C)CC[C@@H](NS(=O)(=O)C(F)(F)F)C(C)(C)C5CC[C@]43C)C2C1. The maximum absolute atomic E-state index is 14.5. The maximum Gasteiger partial charge on any atom is 0.511 e. The minimum absolute atomic E-state index is 0.0186. The molecule has 3 unspecified atom stereocenters. The average molecular weight is 631 g/mol. The molecule has 0 bridgehead atoms. The number of hydrogen-bond acceptors (Lipinski definition) is 5. The van der Waals surface area contributed by atoms with E-state index >= 15 is 0 Å². The summed E-state index contributed by atoms with van der Waals surface area (Å²) in [6, 6.07) is -0.889. The van der Waals surface area contributed by atoms with Crippen molar-refractivity contribution in [3.63, 3.8) is 0 Å². The third-order valence-electron chi connectivity index (χ3n) is 14.0. The fourth-order valence-corrected chi connectivity index (χ4v) is 12.2. The fraction of sp³-hybridized carbons (Fsp3) is 0.875. The normalized spacial score (nSPS) is 46.0. The number of ketones is 1. The Hall–Kier alpha value is -1.46. The van der Waals surface area contributed by atoms with Crippen molar-refractivity contribution in [2.24, 2.45) is 50.2 Å². The Bertz CT molecular complexity index is 1360. The Labute approximate surface area is 254 Å². The number of sulfonamides is 1. The third-order valence-corrected chi connectivity index (χ3v) is 15.2. The molecule has 0 aromatic heterocycles. The smallest absolute Gasteiger partial charge is 0.295 e. The van der Waals surface area contributed by atoms with Gasteiger partial charge in [0.1, 0.15) is 0 Å². The van der Waals surface area contributed by atoms with Gasteiger partial charge in [-0.05, 0) is 103 Å². The quantitative estimate of drug-likeness (QED) is 0.269. The molecule has 1 amide bonds. The highest BCUT2D eigenvalue weighted by Crippen LogP contribution is 2.75. The van der Waals surface area contributed by atoms with Crippen LogP contribution < -0.4 is 4.72 Å². The summed E-state index contributed by atoms with van der Waals surface area (Å²) >= 11 is 0. The molecule has 0 spiro atoms. The van der Waals surface area contributed by atoms with E-state index in [2.05, 4.69) is 27.7 Å². The molecule has 9 atom stereocenters. The molecule has 5 rings (SSSR count). The van der Waals surface area contributed by atoms with Crippen molar-refractivity contribution in [3.05, 3.63) is 11.6 Å². The molecule has 11 heteroatoms. The summed E-state index contributed by atoms with van der Waals surface area (Å²) in [5.41, 5.74) is -7.08. The van der Waals surface area contributed by atoms with Crippen LogP contribution in [0.15, 0.2) is 11.6 Å². The number of nitrogens with one attached hydrogen (secondary N) is 1. The largest absolute Gasteiger partial charge is 0.511 e. The van der Waals surface area contributed by atoms with Crippen molar-refractivity contribution < 1.29 is 36.4 Å². The number of hydrogen-bond donors (Lipinski definition) is 2. The number of amides is 1. The predicted octanol–water partition coefficient (Wildman–Crippen LogP) is 6.62. The van der Waals surface area contributed by atoms with Gasteiger partial charge < -0.3 is 0 Å². The molecule has 244 valence electrons. The van der Waals surface area contributed by atoms with E-state index < -0.39 is 43.2 Å². The van der Waals surface area contributed by atoms with Gasteiger partial charge in [0.05, 0.1) is 0 Å². The van der Waals surface area contributed by atoms with Crippen LogP contribution in [0.5, 0.6) is 0 Å². The average Bonchev–Trinajstić information content (AvgIpc) is 2.86. The highest BCUT2D eigenvalue weighted by Gasteiger charge is 2.70. The van der Waals surface area contributed by atoms with Crippen molar-refractivity contribution in [1.82, 2.24) is 9.79 Å². The summed E-state index contributed by atoms with van der Waals surface area (Å²) in [7, 11) is -4.14. The summed E-state index contributed by atoms with van der Waals surface area (Å²) in [6.07, 6.45) is 7.88. The van der Waals surface area contributed by atoms with Gasteiger partial charge in [-0.1, -0.05) is 54.0 Å². The van der Waals surface area contributed by atoms with E-state index in [1.807, 2.05) is 31.6 Å². The summed E-state index contributed by atoms with van der Waals surface area (Å²) < 4.78 is 66.1. The Morgan fingerprint density at radius 2 is 1.58 bits per heavy atom. The molecule has 0 radical (unpaired) electrons. The minimum Gasteiger partial charge on any atom is -0.295 e. The van der Waals surface area contributed by atoms with E-state index in [0.717, 1.165) is 24.8 Å². The van der Waals surface area contributed by atoms with Crippen LogP contribution in [0.1, 0.15) is 106 Å². The number of rotatable bonds is 3. The number of carbonyl (C=O) groups excluding carboxylic acids is 2. The van der Waals surface area contributed by atoms with E-state index in [4.69, 9.17) is 0 Å². The van der Waals surface area contributed by atoms with E-state index in [-0.39, 0.29) is 46.7 Å². The van der Waals surface area contributed by atoms with Crippen LogP contribution >= 0.6 is 0 Å². The zero-order valence-corrected chi connectivity index (χ0v) is 27.6.